The highest BCUT2D eigenvalue weighted by atomic mass is 16.6. The molecule has 1 amide bonds. The number of carbonyl (C=O) groups excluding carboxylic acids is 1. The Labute approximate surface area is 198 Å². The summed E-state index contributed by atoms with van der Waals surface area (Å²) in [5.41, 5.74) is 3.09. The highest BCUT2D eigenvalue weighted by molar-refractivity contribution is 5.82. The number of piperazine rings is 1. The molecule has 3 aromatic rings. The van der Waals surface area contributed by atoms with Crippen LogP contribution in [0, 0.1) is 16.0 Å². The van der Waals surface area contributed by atoms with E-state index in [-0.39, 0.29) is 28.5 Å². The fourth-order valence-electron chi connectivity index (χ4n) is 5.08. The summed E-state index contributed by atoms with van der Waals surface area (Å²) in [5, 5.41) is 14.5. The number of benzene rings is 2. The molecule has 0 spiro atoms. The first kappa shape index (κ1) is 21.9. The van der Waals surface area contributed by atoms with Crippen molar-refractivity contribution in [2.45, 2.75) is 18.9 Å². The van der Waals surface area contributed by atoms with Crippen LogP contribution in [-0.4, -0.2) is 48.0 Å². The summed E-state index contributed by atoms with van der Waals surface area (Å²) < 4.78 is 0. The van der Waals surface area contributed by atoms with E-state index in [9.17, 15) is 14.9 Å². The summed E-state index contributed by atoms with van der Waals surface area (Å²) in [6.45, 7) is 2.72. The maximum absolute atomic E-state index is 13.4. The van der Waals surface area contributed by atoms with Gasteiger partial charge in [0.05, 0.1) is 16.9 Å². The Kier molecular flexibility index (Phi) is 6.12. The van der Waals surface area contributed by atoms with Gasteiger partial charge in [-0.2, -0.15) is 0 Å². The van der Waals surface area contributed by atoms with Gasteiger partial charge in [-0.25, -0.2) is 4.98 Å². The number of hydrogen-bond donors (Lipinski definition) is 1. The molecule has 2 unspecified atom stereocenters. The number of anilines is 2. The highest BCUT2D eigenvalue weighted by Crippen LogP contribution is 2.38. The number of non-ortho nitro benzene ring substituents is 1. The minimum Gasteiger partial charge on any atom is -0.364 e. The van der Waals surface area contributed by atoms with E-state index < -0.39 is 0 Å². The molecule has 1 fully saturated rings. The van der Waals surface area contributed by atoms with Crippen molar-refractivity contribution in [2.75, 3.05) is 36.0 Å². The van der Waals surface area contributed by atoms with Crippen LogP contribution in [0.2, 0.25) is 0 Å². The van der Waals surface area contributed by atoms with Crippen molar-refractivity contribution >= 4 is 23.1 Å². The van der Waals surface area contributed by atoms with Crippen LogP contribution in [0.5, 0.6) is 0 Å². The third-order valence-electron chi connectivity index (χ3n) is 6.77. The molecule has 34 heavy (non-hydrogen) atoms. The molecule has 3 heterocycles. The molecule has 1 saturated heterocycles. The minimum atomic E-state index is -0.375. The summed E-state index contributed by atoms with van der Waals surface area (Å²) in [5.74, 6) is 0.586. The number of nitrogens with one attached hydrogen (secondary N) is 1. The quantitative estimate of drug-likeness (QED) is 0.451. The monoisotopic (exact) mass is 457 g/mol. The van der Waals surface area contributed by atoms with Crippen molar-refractivity contribution < 1.29 is 9.72 Å². The molecule has 0 aliphatic carbocycles. The third kappa shape index (κ3) is 4.44. The summed E-state index contributed by atoms with van der Waals surface area (Å²) in [4.78, 5) is 33.4. The lowest BCUT2D eigenvalue weighted by atomic mass is 9.83. The second-order valence-electron chi connectivity index (χ2n) is 8.80. The van der Waals surface area contributed by atoms with Crippen molar-refractivity contribution in [3.05, 3.63) is 94.2 Å². The van der Waals surface area contributed by atoms with Crippen molar-refractivity contribution in [1.82, 2.24) is 10.3 Å². The smallest absolute Gasteiger partial charge is 0.269 e. The van der Waals surface area contributed by atoms with E-state index in [4.69, 9.17) is 0 Å². The zero-order valence-corrected chi connectivity index (χ0v) is 18.8. The van der Waals surface area contributed by atoms with Gasteiger partial charge in [0, 0.05) is 50.2 Å². The predicted octanol–water partition coefficient (Wildman–Crippen LogP) is 3.22. The van der Waals surface area contributed by atoms with Gasteiger partial charge in [-0.15, -0.1) is 0 Å². The number of pyridine rings is 1. The van der Waals surface area contributed by atoms with Gasteiger partial charge in [-0.1, -0.05) is 36.4 Å². The molecule has 2 aromatic carbocycles. The zero-order valence-electron chi connectivity index (χ0n) is 18.8. The van der Waals surface area contributed by atoms with Gasteiger partial charge < -0.3 is 15.1 Å². The van der Waals surface area contributed by atoms with Crippen LogP contribution in [0.1, 0.15) is 11.1 Å². The molecule has 8 heteroatoms. The van der Waals surface area contributed by atoms with Gasteiger partial charge in [-0.3, -0.25) is 14.9 Å². The first-order valence-electron chi connectivity index (χ1n) is 11.6. The molecular weight excluding hydrogens is 430 g/mol. The topological polar surface area (TPSA) is 91.6 Å². The Morgan fingerprint density at radius 1 is 1.09 bits per heavy atom. The van der Waals surface area contributed by atoms with Crippen LogP contribution in [0.4, 0.5) is 17.2 Å². The molecule has 0 bridgehead atoms. The van der Waals surface area contributed by atoms with E-state index in [0.29, 0.717) is 19.5 Å². The predicted molar refractivity (Wildman–Crippen MR) is 131 cm³/mol. The number of nitrogens with zero attached hydrogens (tertiary/aromatic N) is 4. The van der Waals surface area contributed by atoms with Crippen LogP contribution < -0.4 is 15.1 Å². The van der Waals surface area contributed by atoms with E-state index in [2.05, 4.69) is 32.2 Å². The first-order chi connectivity index (χ1) is 16.6. The first-order valence-corrected chi connectivity index (χ1v) is 11.6. The number of rotatable bonds is 6. The largest absolute Gasteiger partial charge is 0.364 e. The lowest BCUT2D eigenvalue weighted by Crippen LogP contribution is -2.61. The maximum Gasteiger partial charge on any atom is 0.269 e. The number of carbonyl (C=O) groups is 1. The lowest BCUT2D eigenvalue weighted by molar-refractivity contribution is -0.384. The van der Waals surface area contributed by atoms with Gasteiger partial charge in [0.1, 0.15) is 5.82 Å². The van der Waals surface area contributed by atoms with E-state index in [1.54, 1.807) is 18.3 Å². The van der Waals surface area contributed by atoms with E-state index in [0.717, 1.165) is 36.6 Å². The molecule has 8 nitrogen and oxygen atoms in total. The number of hydrogen-bond acceptors (Lipinski definition) is 6. The van der Waals surface area contributed by atoms with Gasteiger partial charge >= 0.3 is 0 Å². The molecule has 2 atom stereocenters. The summed E-state index contributed by atoms with van der Waals surface area (Å²) in [6.07, 6.45) is 3.02. The molecule has 0 saturated carbocycles. The highest BCUT2D eigenvalue weighted by Gasteiger charge is 2.42. The number of nitro benzene ring substituents is 1. The molecule has 1 N–H and O–H groups in total. The van der Waals surface area contributed by atoms with Crippen LogP contribution in [0.15, 0.2) is 72.9 Å². The Bertz CT molecular complexity index is 1170. The minimum absolute atomic E-state index is 0.00837. The number of amides is 1. The number of nitro groups is 1. The molecule has 2 aliphatic heterocycles. The second-order valence-corrected chi connectivity index (χ2v) is 8.80. The normalized spacial score (nSPS) is 19.2. The third-order valence-corrected chi connectivity index (χ3v) is 6.77. The average molecular weight is 458 g/mol. The van der Waals surface area contributed by atoms with Crippen molar-refractivity contribution in [1.29, 1.82) is 0 Å². The fourth-order valence-corrected chi connectivity index (χ4v) is 5.08. The van der Waals surface area contributed by atoms with Crippen LogP contribution in [0.3, 0.4) is 0 Å². The Morgan fingerprint density at radius 2 is 1.91 bits per heavy atom. The van der Waals surface area contributed by atoms with Crippen molar-refractivity contribution in [3.8, 4) is 0 Å². The molecule has 5 rings (SSSR count). The maximum atomic E-state index is 13.4. The van der Waals surface area contributed by atoms with E-state index in [1.165, 1.54) is 5.56 Å². The Morgan fingerprint density at radius 3 is 2.68 bits per heavy atom. The van der Waals surface area contributed by atoms with Crippen LogP contribution >= 0.6 is 0 Å². The van der Waals surface area contributed by atoms with Gasteiger partial charge in [0.25, 0.3) is 5.69 Å². The fraction of sp³-hybridized carbons (Fsp3) is 0.308. The SMILES string of the molecule is O=C(NCCc1ccccc1)C1Cc2cc([N+](=O)[O-])ccc2N2CCN(c3ccccn3)CC12. The molecule has 2 aliphatic rings. The summed E-state index contributed by atoms with van der Waals surface area (Å²) in [7, 11) is 0. The second kappa shape index (κ2) is 9.51. The molecule has 174 valence electrons. The molecule has 1 aromatic heterocycles. The molecular formula is C26H27N5O3. The zero-order chi connectivity index (χ0) is 23.5. The van der Waals surface area contributed by atoms with Crippen molar-refractivity contribution in [2.24, 2.45) is 5.92 Å². The van der Waals surface area contributed by atoms with Crippen molar-refractivity contribution in [3.63, 3.8) is 0 Å². The Hall–Kier alpha value is -3.94. The van der Waals surface area contributed by atoms with Crippen LogP contribution in [0.25, 0.3) is 0 Å². The summed E-state index contributed by atoms with van der Waals surface area (Å²) >= 11 is 0. The summed E-state index contributed by atoms with van der Waals surface area (Å²) in [6, 6.07) is 20.9. The lowest BCUT2D eigenvalue weighted by Gasteiger charge is -2.49. The van der Waals surface area contributed by atoms with Gasteiger partial charge in [-0.05, 0) is 42.2 Å². The standard InChI is InChI=1S/C26H27N5O3/c32-26(28-13-11-19-6-2-1-3-7-19)22-17-20-16-21(31(33)34)9-10-23(20)30-15-14-29(18-24(22)30)25-8-4-5-12-27-25/h1-10,12,16,22,24H,11,13-15,17-18H2,(H,28,32). The average Bonchev–Trinajstić information content (AvgIpc) is 2.88. The number of aromatic nitrogens is 1. The van der Waals surface area contributed by atoms with E-state index in [1.807, 2.05) is 42.5 Å². The number of fused-ring (bicyclic) bond motifs is 3. The van der Waals surface area contributed by atoms with Gasteiger partial charge in [0.2, 0.25) is 5.91 Å². The van der Waals surface area contributed by atoms with Crippen LogP contribution in [-0.2, 0) is 17.6 Å². The molecule has 0 radical (unpaired) electrons. The van der Waals surface area contributed by atoms with Gasteiger partial charge in [0.15, 0.2) is 0 Å². The Balaban J connectivity index is 1.39. The van der Waals surface area contributed by atoms with E-state index >= 15 is 0 Å².